The molecule has 0 unspecified atom stereocenters. The quantitative estimate of drug-likeness (QED) is 0.768. The molecule has 0 saturated heterocycles. The van der Waals surface area contributed by atoms with Gasteiger partial charge in [-0.3, -0.25) is 0 Å². The molecule has 2 nitrogen and oxygen atoms in total. The Morgan fingerprint density at radius 3 is 2.50 bits per heavy atom. The Hall–Kier alpha value is -0.880. The van der Waals surface area contributed by atoms with Gasteiger partial charge in [-0.15, -0.1) is 0 Å². The fourth-order valence-electron chi connectivity index (χ4n) is 1.14. The van der Waals surface area contributed by atoms with Crippen LogP contribution in [0.5, 0.6) is 0 Å². The van der Waals surface area contributed by atoms with Gasteiger partial charge < -0.3 is 0 Å². The van der Waals surface area contributed by atoms with Crippen LogP contribution in [0.3, 0.4) is 0 Å². The van der Waals surface area contributed by atoms with Crippen LogP contribution in [0.25, 0.3) is 11.2 Å². The zero-order chi connectivity index (χ0) is 12.5. The molecule has 0 N–H and O–H groups in total. The minimum absolute atomic E-state index is 0.00991. The maximum Gasteiger partial charge on any atom is 0.446 e. The van der Waals surface area contributed by atoms with Gasteiger partial charge in [0.15, 0.2) is 0 Å². The first kappa shape index (κ1) is 13.2. The number of hydrogen-bond acceptors (Lipinski definition) is 2. The maximum atomic E-state index is 12.3. The Balaban J connectivity index is 3.28. The predicted octanol–water partition coefficient (Wildman–Crippen LogP) is 4.11. The second-order valence-corrected chi connectivity index (χ2v) is 4.35. The molecule has 0 spiro atoms. The number of rotatable bonds is 3. The zero-order valence-corrected chi connectivity index (χ0v) is 9.88. The van der Waals surface area contributed by atoms with Gasteiger partial charge >= 0.3 is 5.51 Å². The molecular formula is C9H8ClF3N2S. The SMILES string of the molecule is C=Cc1c(SC(F)(F)F)c(C)nn1C(=C)Cl. The summed E-state index contributed by atoms with van der Waals surface area (Å²) < 4.78 is 38.0. The van der Waals surface area contributed by atoms with Crippen LogP contribution in [0.15, 0.2) is 18.1 Å². The summed E-state index contributed by atoms with van der Waals surface area (Å²) in [7, 11) is 0. The summed E-state index contributed by atoms with van der Waals surface area (Å²) in [5.41, 5.74) is -3.94. The number of nitrogens with zero attached hydrogens (tertiary/aromatic N) is 2. The Labute approximate surface area is 99.8 Å². The first-order valence-electron chi connectivity index (χ1n) is 4.09. The fraction of sp³-hybridized carbons (Fsp3) is 0.222. The van der Waals surface area contributed by atoms with E-state index in [2.05, 4.69) is 18.3 Å². The van der Waals surface area contributed by atoms with Crippen molar-refractivity contribution >= 4 is 34.6 Å². The van der Waals surface area contributed by atoms with Crippen LogP contribution >= 0.6 is 23.4 Å². The van der Waals surface area contributed by atoms with E-state index in [1.807, 2.05) is 0 Å². The smallest absolute Gasteiger partial charge is 0.221 e. The molecule has 0 bridgehead atoms. The highest BCUT2D eigenvalue weighted by molar-refractivity contribution is 8.00. The van der Waals surface area contributed by atoms with Gasteiger partial charge in [0.2, 0.25) is 0 Å². The lowest BCUT2D eigenvalue weighted by Gasteiger charge is -2.06. The molecule has 16 heavy (non-hydrogen) atoms. The summed E-state index contributed by atoms with van der Waals surface area (Å²) in [6.45, 7) is 8.32. The molecule has 0 radical (unpaired) electrons. The van der Waals surface area contributed by atoms with Crippen molar-refractivity contribution in [1.29, 1.82) is 0 Å². The van der Waals surface area contributed by atoms with Crippen molar-refractivity contribution in [2.24, 2.45) is 0 Å². The molecule has 0 atom stereocenters. The third-order valence-electron chi connectivity index (χ3n) is 1.68. The van der Waals surface area contributed by atoms with E-state index in [0.717, 1.165) is 4.68 Å². The predicted molar refractivity (Wildman–Crippen MR) is 60.2 cm³/mol. The van der Waals surface area contributed by atoms with Crippen LogP contribution in [0, 0.1) is 6.92 Å². The number of thioether (sulfide) groups is 1. The minimum atomic E-state index is -4.37. The topological polar surface area (TPSA) is 17.8 Å². The van der Waals surface area contributed by atoms with E-state index in [0.29, 0.717) is 0 Å². The molecular weight excluding hydrogens is 261 g/mol. The van der Waals surface area contributed by atoms with Crippen molar-refractivity contribution < 1.29 is 13.2 Å². The molecule has 88 valence electrons. The highest BCUT2D eigenvalue weighted by Gasteiger charge is 2.32. The van der Waals surface area contributed by atoms with Crippen LogP contribution in [0.1, 0.15) is 11.4 Å². The molecule has 1 aromatic heterocycles. The fourth-order valence-corrected chi connectivity index (χ4v) is 1.96. The molecule has 0 aliphatic heterocycles. The number of aryl methyl sites for hydroxylation is 1. The molecule has 0 aromatic carbocycles. The van der Waals surface area contributed by atoms with Crippen molar-refractivity contribution in [3.63, 3.8) is 0 Å². The van der Waals surface area contributed by atoms with Crippen LogP contribution in [-0.2, 0) is 0 Å². The van der Waals surface area contributed by atoms with Crippen molar-refractivity contribution in [3.05, 3.63) is 24.5 Å². The van der Waals surface area contributed by atoms with Crippen LogP contribution in [-0.4, -0.2) is 15.3 Å². The van der Waals surface area contributed by atoms with Crippen molar-refractivity contribution in [1.82, 2.24) is 9.78 Å². The van der Waals surface area contributed by atoms with Crippen LogP contribution in [0.4, 0.5) is 13.2 Å². The highest BCUT2D eigenvalue weighted by atomic mass is 35.5. The third kappa shape index (κ3) is 2.82. The average molecular weight is 269 g/mol. The Bertz CT molecular complexity index is 437. The summed E-state index contributed by atoms with van der Waals surface area (Å²) in [4.78, 5) is -0.00991. The van der Waals surface area contributed by atoms with Gasteiger partial charge in [0.05, 0.1) is 16.3 Å². The summed E-state index contributed by atoms with van der Waals surface area (Å²) in [6.07, 6.45) is 1.27. The number of alkyl halides is 3. The van der Waals surface area contributed by atoms with Gasteiger partial charge in [0.1, 0.15) is 5.16 Å². The molecule has 0 amide bonds. The summed E-state index contributed by atoms with van der Waals surface area (Å²) in [5.74, 6) is 0. The summed E-state index contributed by atoms with van der Waals surface area (Å²) in [5, 5.41) is 3.88. The number of aromatic nitrogens is 2. The lowest BCUT2D eigenvalue weighted by Crippen LogP contribution is -2.01. The van der Waals surface area contributed by atoms with Crippen molar-refractivity contribution in [3.8, 4) is 0 Å². The van der Waals surface area contributed by atoms with Gasteiger partial charge in [-0.2, -0.15) is 18.3 Å². The first-order chi connectivity index (χ1) is 7.26. The highest BCUT2D eigenvalue weighted by Crippen LogP contribution is 2.41. The molecule has 0 saturated carbocycles. The normalized spacial score (nSPS) is 11.6. The van der Waals surface area contributed by atoms with Gasteiger partial charge in [0.25, 0.3) is 0 Å². The molecule has 0 aliphatic carbocycles. The Morgan fingerprint density at radius 2 is 2.12 bits per heavy atom. The molecule has 7 heteroatoms. The summed E-state index contributed by atoms with van der Waals surface area (Å²) in [6, 6.07) is 0. The van der Waals surface area contributed by atoms with Crippen LogP contribution < -0.4 is 0 Å². The average Bonchev–Trinajstić information content (AvgIpc) is 2.41. The monoisotopic (exact) mass is 268 g/mol. The number of hydrogen-bond donors (Lipinski definition) is 0. The van der Waals surface area contributed by atoms with Crippen molar-refractivity contribution in [2.45, 2.75) is 17.3 Å². The lowest BCUT2D eigenvalue weighted by atomic mass is 10.3. The van der Waals surface area contributed by atoms with E-state index in [9.17, 15) is 13.2 Å². The summed E-state index contributed by atoms with van der Waals surface area (Å²) >= 11 is 5.37. The Morgan fingerprint density at radius 1 is 1.56 bits per heavy atom. The van der Waals surface area contributed by atoms with Gasteiger partial charge in [-0.1, -0.05) is 24.8 Å². The minimum Gasteiger partial charge on any atom is -0.221 e. The standard InChI is InChI=1S/C9H8ClF3N2S/c1-4-7-8(16-9(11,12)13)5(2)14-15(7)6(3)10/h4H,1,3H2,2H3. The van der Waals surface area contributed by atoms with Gasteiger partial charge in [-0.25, -0.2) is 4.68 Å². The van der Waals surface area contributed by atoms with E-state index >= 15 is 0 Å². The van der Waals surface area contributed by atoms with Gasteiger partial charge in [-0.05, 0) is 24.8 Å². The zero-order valence-electron chi connectivity index (χ0n) is 8.31. The molecule has 0 aliphatic rings. The lowest BCUT2D eigenvalue weighted by molar-refractivity contribution is -0.0328. The number of halogens is 4. The third-order valence-corrected chi connectivity index (χ3v) is 2.78. The molecule has 1 aromatic rings. The second kappa shape index (κ2) is 4.55. The van der Waals surface area contributed by atoms with Crippen molar-refractivity contribution in [2.75, 3.05) is 0 Å². The second-order valence-electron chi connectivity index (χ2n) is 2.84. The van der Waals surface area contributed by atoms with Crippen LogP contribution in [0.2, 0.25) is 0 Å². The van der Waals surface area contributed by atoms with E-state index in [1.165, 1.54) is 13.0 Å². The van der Waals surface area contributed by atoms with E-state index < -0.39 is 5.51 Å². The molecule has 1 rings (SSSR count). The Kier molecular flexibility index (Phi) is 3.75. The first-order valence-corrected chi connectivity index (χ1v) is 5.28. The van der Waals surface area contributed by atoms with E-state index in [4.69, 9.17) is 11.6 Å². The van der Waals surface area contributed by atoms with E-state index in [1.54, 1.807) is 0 Å². The van der Waals surface area contributed by atoms with E-state index in [-0.39, 0.29) is 33.2 Å². The molecule has 1 heterocycles. The van der Waals surface area contributed by atoms with Gasteiger partial charge in [0, 0.05) is 0 Å². The molecule has 0 fully saturated rings. The largest absolute Gasteiger partial charge is 0.446 e. The maximum absolute atomic E-state index is 12.3.